The van der Waals surface area contributed by atoms with Crippen molar-refractivity contribution in [3.05, 3.63) is 53.2 Å². The summed E-state index contributed by atoms with van der Waals surface area (Å²) in [6, 6.07) is 7.32. The molecule has 5 rings (SSSR count). The van der Waals surface area contributed by atoms with Crippen molar-refractivity contribution in [2.24, 2.45) is 0 Å². The topological polar surface area (TPSA) is 112 Å². The fourth-order valence-electron chi connectivity index (χ4n) is 5.24. The molecule has 0 amide bonds. The standard InChI is InChI=1S/C30H37F3N6O3/c1-19-35-25-17-21(31)8-10-23(25)28(36-19)38-24(29(40)41)11-14-39(15-16-42-26-18-30(26,32)33)13-3-2-6-22-9-7-20-5-4-12-34-27(20)37-22/h7-10,17,24,26H,2-6,11-16,18H2,1H3,(H,34,37)(H,40,41)(H,35,36,38)/t24-,26?/m0/s1. The monoisotopic (exact) mass is 586 g/mol. The summed E-state index contributed by atoms with van der Waals surface area (Å²) in [5.74, 6) is -2.56. The number of fused-ring (bicyclic) bond motifs is 2. The summed E-state index contributed by atoms with van der Waals surface area (Å²) >= 11 is 0. The van der Waals surface area contributed by atoms with E-state index in [-0.39, 0.29) is 19.4 Å². The van der Waals surface area contributed by atoms with E-state index in [1.165, 1.54) is 23.8 Å². The number of alkyl halides is 2. The Morgan fingerprint density at radius 1 is 1.19 bits per heavy atom. The van der Waals surface area contributed by atoms with Gasteiger partial charge in [-0.2, -0.15) is 0 Å². The smallest absolute Gasteiger partial charge is 0.326 e. The predicted molar refractivity (Wildman–Crippen MR) is 154 cm³/mol. The lowest BCUT2D eigenvalue weighted by Gasteiger charge is -2.25. The number of carboxylic acid groups (broad SMARTS) is 1. The van der Waals surface area contributed by atoms with Gasteiger partial charge in [-0.25, -0.2) is 32.9 Å². The molecule has 1 fully saturated rings. The summed E-state index contributed by atoms with van der Waals surface area (Å²) < 4.78 is 45.7. The molecule has 3 N–H and O–H groups in total. The molecule has 0 bridgehead atoms. The number of benzene rings is 1. The molecule has 1 aromatic carbocycles. The van der Waals surface area contributed by atoms with E-state index in [1.54, 1.807) is 6.92 Å². The zero-order valence-corrected chi connectivity index (χ0v) is 23.7. The summed E-state index contributed by atoms with van der Waals surface area (Å²) in [6.07, 6.45) is 3.63. The van der Waals surface area contributed by atoms with Crippen LogP contribution in [0.4, 0.5) is 24.8 Å². The second kappa shape index (κ2) is 13.2. The number of ether oxygens (including phenoxy) is 1. The first kappa shape index (κ1) is 30.0. The number of nitrogens with zero attached hydrogens (tertiary/aromatic N) is 4. The van der Waals surface area contributed by atoms with E-state index in [9.17, 15) is 23.1 Å². The Balaban J connectivity index is 1.18. The molecule has 1 aliphatic carbocycles. The van der Waals surface area contributed by atoms with Crippen LogP contribution in [0.5, 0.6) is 0 Å². The molecule has 2 aromatic heterocycles. The zero-order chi connectivity index (χ0) is 29.7. The van der Waals surface area contributed by atoms with Crippen LogP contribution in [0, 0.1) is 12.7 Å². The molecular weight excluding hydrogens is 549 g/mol. The first-order valence-corrected chi connectivity index (χ1v) is 14.6. The van der Waals surface area contributed by atoms with Crippen molar-refractivity contribution >= 4 is 28.5 Å². The third-order valence-electron chi connectivity index (χ3n) is 7.72. The lowest BCUT2D eigenvalue weighted by molar-refractivity contribution is -0.138. The fraction of sp³-hybridized carbons (Fsp3) is 0.533. The van der Waals surface area contributed by atoms with Crippen LogP contribution < -0.4 is 10.6 Å². The number of nitrogens with one attached hydrogen (secondary N) is 2. The molecule has 226 valence electrons. The number of aryl methyl sites for hydroxylation is 3. The highest BCUT2D eigenvalue weighted by Gasteiger charge is 2.58. The summed E-state index contributed by atoms with van der Waals surface area (Å²) in [5.41, 5.74) is 2.65. The molecule has 2 atom stereocenters. The van der Waals surface area contributed by atoms with Crippen molar-refractivity contribution in [2.45, 2.75) is 69.9 Å². The van der Waals surface area contributed by atoms with Gasteiger partial charge in [0.15, 0.2) is 0 Å². The van der Waals surface area contributed by atoms with Crippen molar-refractivity contribution < 1.29 is 27.8 Å². The molecule has 1 unspecified atom stereocenters. The lowest BCUT2D eigenvalue weighted by atomic mass is 10.1. The van der Waals surface area contributed by atoms with Gasteiger partial charge in [0.2, 0.25) is 0 Å². The zero-order valence-electron chi connectivity index (χ0n) is 23.7. The molecular formula is C30H37F3N6O3. The average Bonchev–Trinajstić information content (AvgIpc) is 3.57. The van der Waals surface area contributed by atoms with Gasteiger partial charge < -0.3 is 25.4 Å². The van der Waals surface area contributed by atoms with E-state index < -0.39 is 29.9 Å². The highest BCUT2D eigenvalue weighted by atomic mass is 19.3. The number of carbonyl (C=O) groups is 1. The first-order valence-electron chi connectivity index (χ1n) is 14.6. The fourth-order valence-corrected chi connectivity index (χ4v) is 5.24. The Kier molecular flexibility index (Phi) is 9.42. The van der Waals surface area contributed by atoms with Gasteiger partial charge in [0.1, 0.15) is 35.4 Å². The molecule has 12 heteroatoms. The number of hydrogen-bond acceptors (Lipinski definition) is 8. The van der Waals surface area contributed by atoms with E-state index in [2.05, 4.69) is 37.6 Å². The van der Waals surface area contributed by atoms with Gasteiger partial charge in [-0.3, -0.25) is 0 Å². The summed E-state index contributed by atoms with van der Waals surface area (Å²) in [6.45, 7) is 4.22. The van der Waals surface area contributed by atoms with Crippen molar-refractivity contribution in [3.8, 4) is 0 Å². The maximum absolute atomic E-state index is 13.8. The molecule has 2 aliphatic rings. The van der Waals surface area contributed by atoms with E-state index in [0.29, 0.717) is 42.2 Å². The van der Waals surface area contributed by atoms with Crippen LogP contribution >= 0.6 is 0 Å². The van der Waals surface area contributed by atoms with E-state index in [0.717, 1.165) is 50.2 Å². The van der Waals surface area contributed by atoms with Gasteiger partial charge in [0.05, 0.1) is 12.1 Å². The van der Waals surface area contributed by atoms with Crippen LogP contribution in [-0.2, 0) is 22.4 Å². The lowest BCUT2D eigenvalue weighted by Crippen LogP contribution is -2.37. The Bertz CT molecular complexity index is 1400. The molecule has 3 heterocycles. The van der Waals surface area contributed by atoms with Gasteiger partial charge in [0.25, 0.3) is 5.92 Å². The van der Waals surface area contributed by atoms with Crippen molar-refractivity contribution in [1.82, 2.24) is 19.9 Å². The first-order chi connectivity index (χ1) is 20.2. The number of aromatic nitrogens is 3. The summed E-state index contributed by atoms with van der Waals surface area (Å²) in [5, 5.41) is 16.9. The van der Waals surface area contributed by atoms with Gasteiger partial charge in [-0.15, -0.1) is 0 Å². The number of anilines is 2. The van der Waals surface area contributed by atoms with E-state index in [4.69, 9.17) is 9.72 Å². The van der Waals surface area contributed by atoms with Gasteiger partial charge in [-0.1, -0.05) is 6.07 Å². The molecule has 0 saturated heterocycles. The van der Waals surface area contributed by atoms with Crippen molar-refractivity contribution in [2.75, 3.05) is 43.4 Å². The van der Waals surface area contributed by atoms with E-state index in [1.807, 2.05) is 0 Å². The normalized spacial score (nSPS) is 18.0. The largest absolute Gasteiger partial charge is 0.480 e. The minimum absolute atomic E-state index is 0.144. The third kappa shape index (κ3) is 7.86. The Labute approximate surface area is 242 Å². The average molecular weight is 587 g/mol. The molecule has 9 nitrogen and oxygen atoms in total. The Morgan fingerprint density at radius 2 is 2.02 bits per heavy atom. The van der Waals surface area contributed by atoms with Crippen molar-refractivity contribution in [1.29, 1.82) is 0 Å². The SMILES string of the molecule is Cc1nc(N[C@@H](CCN(CCCCc2ccc3c(n2)NCCC3)CCOC2CC2(F)F)C(=O)O)c2ccc(F)cc2n1. The number of unbranched alkanes of at least 4 members (excludes halogenated alkanes) is 1. The van der Waals surface area contributed by atoms with Crippen LogP contribution in [-0.4, -0.2) is 81.8 Å². The Morgan fingerprint density at radius 3 is 2.81 bits per heavy atom. The number of carboxylic acids is 1. The number of hydrogen-bond donors (Lipinski definition) is 3. The summed E-state index contributed by atoms with van der Waals surface area (Å²) in [4.78, 5) is 27.6. The number of rotatable bonds is 15. The molecule has 1 aliphatic heterocycles. The molecule has 1 saturated carbocycles. The maximum Gasteiger partial charge on any atom is 0.326 e. The predicted octanol–water partition coefficient (Wildman–Crippen LogP) is 4.83. The molecule has 42 heavy (non-hydrogen) atoms. The third-order valence-corrected chi connectivity index (χ3v) is 7.72. The molecule has 0 spiro atoms. The molecule has 3 aromatic rings. The number of pyridine rings is 1. The minimum Gasteiger partial charge on any atom is -0.480 e. The van der Waals surface area contributed by atoms with Crippen LogP contribution in [0.15, 0.2) is 30.3 Å². The highest BCUT2D eigenvalue weighted by Crippen LogP contribution is 2.44. The minimum atomic E-state index is -2.75. The van der Waals surface area contributed by atoms with Gasteiger partial charge in [0, 0.05) is 43.2 Å². The number of halogens is 3. The van der Waals surface area contributed by atoms with Gasteiger partial charge in [-0.05, 0) is 75.8 Å². The molecule has 0 radical (unpaired) electrons. The summed E-state index contributed by atoms with van der Waals surface area (Å²) in [7, 11) is 0. The van der Waals surface area contributed by atoms with Crippen LogP contribution in [0.1, 0.15) is 49.2 Å². The Hall–Kier alpha value is -3.51. The second-order valence-electron chi connectivity index (χ2n) is 11.1. The quantitative estimate of drug-likeness (QED) is 0.216. The second-order valence-corrected chi connectivity index (χ2v) is 11.1. The van der Waals surface area contributed by atoms with Crippen LogP contribution in [0.2, 0.25) is 0 Å². The van der Waals surface area contributed by atoms with Gasteiger partial charge >= 0.3 is 5.97 Å². The maximum atomic E-state index is 13.8. The van der Waals surface area contributed by atoms with Crippen LogP contribution in [0.25, 0.3) is 10.9 Å². The van der Waals surface area contributed by atoms with Crippen molar-refractivity contribution in [3.63, 3.8) is 0 Å². The van der Waals surface area contributed by atoms with E-state index >= 15 is 0 Å². The van der Waals surface area contributed by atoms with Crippen LogP contribution in [0.3, 0.4) is 0 Å². The highest BCUT2D eigenvalue weighted by molar-refractivity contribution is 5.91. The number of aliphatic carboxylic acids is 1.